The van der Waals surface area contributed by atoms with Crippen molar-refractivity contribution in [2.45, 2.75) is 63.3 Å². The maximum absolute atomic E-state index is 12.7. The predicted molar refractivity (Wildman–Crippen MR) is 102 cm³/mol. The van der Waals surface area contributed by atoms with Crippen molar-refractivity contribution >= 4 is 23.8 Å². The van der Waals surface area contributed by atoms with Crippen molar-refractivity contribution in [3.8, 4) is 0 Å². The van der Waals surface area contributed by atoms with E-state index < -0.39 is 18.0 Å². The van der Waals surface area contributed by atoms with Gasteiger partial charge in [0, 0.05) is 37.2 Å². The quantitative estimate of drug-likeness (QED) is 0.540. The highest BCUT2D eigenvalue weighted by atomic mass is 16.4. The summed E-state index contributed by atoms with van der Waals surface area (Å²) in [5.74, 6) is -0.899. The van der Waals surface area contributed by atoms with Crippen LogP contribution in [0.4, 0.5) is 4.79 Å². The standard InChI is InChI=1S/C20H24N4O5/c25-17-7-6-16(18(26)23-17)24-10-12-8-11(4-5-13(12)19(24)27)9-21-14-2-1-3-15(14)22-20(28)29/h4-5,8,14-16,21-22H,1-3,6-7,9-10H2,(H,28,29)(H,23,25,26)/t14-,15-,16?/m0/s1. The number of rotatable bonds is 5. The highest BCUT2D eigenvalue weighted by Crippen LogP contribution is 2.28. The van der Waals surface area contributed by atoms with Gasteiger partial charge in [-0.25, -0.2) is 4.79 Å². The minimum absolute atomic E-state index is 0.0842. The number of imide groups is 1. The van der Waals surface area contributed by atoms with Crippen LogP contribution in [0.25, 0.3) is 0 Å². The summed E-state index contributed by atoms with van der Waals surface area (Å²) < 4.78 is 0. The van der Waals surface area contributed by atoms with E-state index in [9.17, 15) is 19.2 Å². The van der Waals surface area contributed by atoms with Crippen LogP contribution in [0.1, 0.15) is 53.6 Å². The van der Waals surface area contributed by atoms with Crippen molar-refractivity contribution < 1.29 is 24.3 Å². The lowest BCUT2D eigenvalue weighted by atomic mass is 10.0. The second-order valence-electron chi connectivity index (χ2n) is 7.87. The summed E-state index contributed by atoms with van der Waals surface area (Å²) in [5, 5.41) is 17.2. The fourth-order valence-corrected chi connectivity index (χ4v) is 4.52. The summed E-state index contributed by atoms with van der Waals surface area (Å²) in [6, 6.07) is 5.00. The Labute approximate surface area is 167 Å². The zero-order valence-electron chi connectivity index (χ0n) is 15.9. The van der Waals surface area contributed by atoms with Crippen molar-refractivity contribution in [2.75, 3.05) is 0 Å². The third kappa shape index (κ3) is 3.95. The maximum Gasteiger partial charge on any atom is 0.404 e. The smallest absolute Gasteiger partial charge is 0.404 e. The normalized spacial score (nSPS) is 26.4. The lowest BCUT2D eigenvalue weighted by Gasteiger charge is -2.29. The number of nitrogens with one attached hydrogen (secondary N) is 3. The topological polar surface area (TPSA) is 128 Å². The number of hydrogen-bond donors (Lipinski definition) is 4. The van der Waals surface area contributed by atoms with Gasteiger partial charge in [-0.3, -0.25) is 19.7 Å². The van der Waals surface area contributed by atoms with Crippen molar-refractivity contribution in [2.24, 2.45) is 0 Å². The second-order valence-corrected chi connectivity index (χ2v) is 7.87. The maximum atomic E-state index is 12.7. The summed E-state index contributed by atoms with van der Waals surface area (Å²) in [4.78, 5) is 48.7. The summed E-state index contributed by atoms with van der Waals surface area (Å²) in [6.07, 6.45) is 2.29. The first-order chi connectivity index (χ1) is 13.9. The zero-order chi connectivity index (χ0) is 20.5. The highest BCUT2D eigenvalue weighted by molar-refractivity contribution is 6.05. The van der Waals surface area contributed by atoms with Gasteiger partial charge in [-0.1, -0.05) is 12.1 Å². The summed E-state index contributed by atoms with van der Waals surface area (Å²) >= 11 is 0. The Kier molecular flexibility index (Phi) is 5.23. The summed E-state index contributed by atoms with van der Waals surface area (Å²) in [7, 11) is 0. The molecule has 3 aliphatic rings. The molecular formula is C20H24N4O5. The molecular weight excluding hydrogens is 376 g/mol. The van der Waals surface area contributed by atoms with Crippen molar-refractivity contribution in [3.63, 3.8) is 0 Å². The van der Waals surface area contributed by atoms with E-state index in [2.05, 4.69) is 16.0 Å². The first-order valence-electron chi connectivity index (χ1n) is 9.91. The number of carbonyl (C=O) groups excluding carboxylic acids is 3. The Hall–Kier alpha value is -2.94. The molecule has 1 saturated heterocycles. The van der Waals surface area contributed by atoms with Crippen molar-refractivity contribution in [1.82, 2.24) is 20.9 Å². The van der Waals surface area contributed by atoms with Gasteiger partial charge in [-0.2, -0.15) is 0 Å². The molecule has 29 heavy (non-hydrogen) atoms. The number of benzene rings is 1. The lowest BCUT2D eigenvalue weighted by molar-refractivity contribution is -0.136. The zero-order valence-corrected chi connectivity index (χ0v) is 15.9. The highest BCUT2D eigenvalue weighted by Gasteiger charge is 2.39. The number of carboxylic acid groups (broad SMARTS) is 1. The van der Waals surface area contributed by atoms with Gasteiger partial charge in [0.1, 0.15) is 6.04 Å². The Bertz CT molecular complexity index is 870. The number of piperidine rings is 1. The molecule has 4 rings (SSSR count). The van der Waals surface area contributed by atoms with Gasteiger partial charge < -0.3 is 20.6 Å². The number of amides is 4. The van der Waals surface area contributed by atoms with Crippen LogP contribution in [-0.2, 0) is 22.7 Å². The molecule has 2 fully saturated rings. The van der Waals surface area contributed by atoms with Crippen molar-refractivity contribution in [1.29, 1.82) is 0 Å². The van der Waals surface area contributed by atoms with Crippen LogP contribution >= 0.6 is 0 Å². The average Bonchev–Trinajstić information content (AvgIpc) is 3.23. The van der Waals surface area contributed by atoms with E-state index in [1.54, 1.807) is 6.07 Å². The van der Waals surface area contributed by atoms with E-state index in [-0.39, 0.29) is 30.3 Å². The van der Waals surface area contributed by atoms with Crippen LogP contribution in [0, 0.1) is 0 Å². The number of fused-ring (bicyclic) bond motifs is 1. The Morgan fingerprint density at radius 2 is 1.97 bits per heavy atom. The van der Waals surface area contributed by atoms with E-state index in [0.717, 1.165) is 30.4 Å². The summed E-state index contributed by atoms with van der Waals surface area (Å²) in [5.41, 5.74) is 2.46. The molecule has 154 valence electrons. The third-order valence-electron chi connectivity index (χ3n) is 5.98. The van der Waals surface area contributed by atoms with Crippen LogP contribution in [0.3, 0.4) is 0 Å². The molecule has 1 aromatic rings. The number of hydrogen-bond acceptors (Lipinski definition) is 5. The largest absolute Gasteiger partial charge is 0.465 e. The third-order valence-corrected chi connectivity index (χ3v) is 5.98. The van der Waals surface area contributed by atoms with E-state index in [1.165, 1.54) is 4.90 Å². The molecule has 2 aliphatic heterocycles. The average molecular weight is 400 g/mol. The van der Waals surface area contributed by atoms with Crippen LogP contribution < -0.4 is 16.0 Å². The van der Waals surface area contributed by atoms with Gasteiger partial charge in [0.15, 0.2) is 0 Å². The first-order valence-corrected chi connectivity index (χ1v) is 9.91. The molecule has 0 radical (unpaired) electrons. The molecule has 9 nitrogen and oxygen atoms in total. The Morgan fingerprint density at radius 3 is 2.72 bits per heavy atom. The Morgan fingerprint density at radius 1 is 1.17 bits per heavy atom. The van der Waals surface area contributed by atoms with Gasteiger partial charge in [-0.05, 0) is 42.9 Å². The SMILES string of the molecule is O=C(O)N[C@H]1CCC[C@@H]1NCc1ccc2c(c1)CN(C1CCC(=O)NC1=O)C2=O. The van der Waals surface area contributed by atoms with Crippen molar-refractivity contribution in [3.05, 3.63) is 34.9 Å². The van der Waals surface area contributed by atoms with Gasteiger partial charge in [0.05, 0.1) is 0 Å². The fraction of sp³-hybridized carbons (Fsp3) is 0.500. The van der Waals surface area contributed by atoms with E-state index in [4.69, 9.17) is 5.11 Å². The molecule has 9 heteroatoms. The van der Waals surface area contributed by atoms with E-state index in [1.807, 2.05) is 12.1 Å². The molecule has 0 bridgehead atoms. The number of nitrogens with zero attached hydrogens (tertiary/aromatic N) is 1. The molecule has 1 aliphatic carbocycles. The summed E-state index contributed by atoms with van der Waals surface area (Å²) in [6.45, 7) is 0.920. The molecule has 0 spiro atoms. The van der Waals surface area contributed by atoms with E-state index in [0.29, 0.717) is 25.1 Å². The predicted octanol–water partition coefficient (Wildman–Crippen LogP) is 0.726. The van der Waals surface area contributed by atoms with Gasteiger partial charge in [-0.15, -0.1) is 0 Å². The van der Waals surface area contributed by atoms with Gasteiger partial charge >= 0.3 is 6.09 Å². The fourth-order valence-electron chi connectivity index (χ4n) is 4.52. The lowest BCUT2D eigenvalue weighted by Crippen LogP contribution is -2.52. The van der Waals surface area contributed by atoms with Gasteiger partial charge in [0.25, 0.3) is 5.91 Å². The molecule has 4 amide bonds. The van der Waals surface area contributed by atoms with Crippen LogP contribution in [0.2, 0.25) is 0 Å². The molecule has 1 saturated carbocycles. The molecule has 4 N–H and O–H groups in total. The van der Waals surface area contributed by atoms with Crippen LogP contribution in [-0.4, -0.2) is 51.9 Å². The minimum atomic E-state index is -1.01. The monoisotopic (exact) mass is 400 g/mol. The molecule has 2 heterocycles. The molecule has 3 atom stereocenters. The molecule has 1 unspecified atom stereocenters. The molecule has 0 aromatic heterocycles. The van der Waals surface area contributed by atoms with Crippen LogP contribution in [0.5, 0.6) is 0 Å². The molecule has 1 aromatic carbocycles. The van der Waals surface area contributed by atoms with Crippen LogP contribution in [0.15, 0.2) is 18.2 Å². The minimum Gasteiger partial charge on any atom is -0.465 e. The number of carbonyl (C=O) groups is 4. The second kappa shape index (κ2) is 7.82. The van der Waals surface area contributed by atoms with Gasteiger partial charge in [0.2, 0.25) is 11.8 Å². The Balaban J connectivity index is 1.40. The first kappa shape index (κ1) is 19.4. The van der Waals surface area contributed by atoms with E-state index >= 15 is 0 Å².